The van der Waals surface area contributed by atoms with Crippen molar-refractivity contribution >= 4 is 34.2 Å². The zero-order chi connectivity index (χ0) is 16.4. The van der Waals surface area contributed by atoms with E-state index in [1.807, 2.05) is 20.2 Å². The molecule has 0 fully saturated rings. The lowest BCUT2D eigenvalue weighted by molar-refractivity contribution is -0.128. The number of carbonyl (C=O) groups excluding carboxylic acids is 1. The molecule has 3 rings (SSSR count). The SMILES string of the molecule is Cc1ncc(CN(C)C(=O)CN(C)c2ncnc3nc[nH]c23)s1. The van der Waals surface area contributed by atoms with Crippen LogP contribution < -0.4 is 4.90 Å². The maximum Gasteiger partial charge on any atom is 0.242 e. The van der Waals surface area contributed by atoms with E-state index in [1.54, 1.807) is 34.5 Å². The molecule has 0 atom stereocenters. The van der Waals surface area contributed by atoms with Gasteiger partial charge in [-0.15, -0.1) is 11.3 Å². The fourth-order valence-corrected chi connectivity index (χ4v) is 3.09. The lowest BCUT2D eigenvalue weighted by Gasteiger charge is -2.22. The number of aryl methyl sites for hydroxylation is 1. The van der Waals surface area contributed by atoms with Crippen LogP contribution in [0.5, 0.6) is 0 Å². The summed E-state index contributed by atoms with van der Waals surface area (Å²) in [6, 6.07) is 0. The van der Waals surface area contributed by atoms with Crippen LogP contribution in [0.3, 0.4) is 0 Å². The van der Waals surface area contributed by atoms with Crippen molar-refractivity contribution in [1.82, 2.24) is 29.8 Å². The molecule has 0 aliphatic heterocycles. The van der Waals surface area contributed by atoms with Crippen molar-refractivity contribution in [3.05, 3.63) is 28.7 Å². The van der Waals surface area contributed by atoms with Gasteiger partial charge in [0.25, 0.3) is 0 Å². The third-order valence-electron chi connectivity index (χ3n) is 3.42. The van der Waals surface area contributed by atoms with Gasteiger partial charge in [-0.1, -0.05) is 0 Å². The average Bonchev–Trinajstić information content (AvgIpc) is 3.15. The van der Waals surface area contributed by atoms with Crippen molar-refractivity contribution in [3.63, 3.8) is 0 Å². The summed E-state index contributed by atoms with van der Waals surface area (Å²) >= 11 is 1.60. The Labute approximate surface area is 137 Å². The summed E-state index contributed by atoms with van der Waals surface area (Å²) in [5.41, 5.74) is 1.31. The van der Waals surface area contributed by atoms with Gasteiger partial charge in [-0.05, 0) is 6.92 Å². The van der Waals surface area contributed by atoms with Crippen LogP contribution in [0.15, 0.2) is 18.9 Å². The van der Waals surface area contributed by atoms with E-state index in [2.05, 4.69) is 24.9 Å². The number of fused-ring (bicyclic) bond motifs is 1. The van der Waals surface area contributed by atoms with Gasteiger partial charge < -0.3 is 14.8 Å². The zero-order valence-corrected chi connectivity index (χ0v) is 14.0. The number of aromatic nitrogens is 5. The molecule has 0 saturated carbocycles. The number of likely N-dealkylation sites (N-methyl/N-ethyl adjacent to an activating group) is 2. The highest BCUT2D eigenvalue weighted by Crippen LogP contribution is 2.18. The smallest absolute Gasteiger partial charge is 0.242 e. The zero-order valence-electron chi connectivity index (χ0n) is 13.1. The minimum atomic E-state index is 0.00447. The lowest BCUT2D eigenvalue weighted by atomic mass is 10.4. The van der Waals surface area contributed by atoms with Gasteiger partial charge in [-0.2, -0.15) is 0 Å². The lowest BCUT2D eigenvalue weighted by Crippen LogP contribution is -2.36. The van der Waals surface area contributed by atoms with E-state index >= 15 is 0 Å². The van der Waals surface area contributed by atoms with Crippen LogP contribution in [0.4, 0.5) is 5.82 Å². The predicted molar refractivity (Wildman–Crippen MR) is 88.3 cm³/mol. The summed E-state index contributed by atoms with van der Waals surface area (Å²) in [4.78, 5) is 36.6. The van der Waals surface area contributed by atoms with Gasteiger partial charge in [-0.25, -0.2) is 19.9 Å². The standard InChI is InChI=1S/C14H17N7OS/c1-9-15-4-10(23-9)5-20(2)11(22)6-21(3)14-12-13(17-7-16-12)18-8-19-14/h4,7-8H,5-6H2,1-3H3,(H,16,17,18,19). The van der Waals surface area contributed by atoms with E-state index in [4.69, 9.17) is 0 Å². The molecule has 0 unspecified atom stereocenters. The van der Waals surface area contributed by atoms with E-state index in [1.165, 1.54) is 6.33 Å². The monoisotopic (exact) mass is 331 g/mol. The predicted octanol–water partition coefficient (Wildman–Crippen LogP) is 1.21. The van der Waals surface area contributed by atoms with Crippen LogP contribution >= 0.6 is 11.3 Å². The number of nitrogens with one attached hydrogen (secondary N) is 1. The molecule has 3 aromatic rings. The molecular formula is C14H17N7OS. The second-order valence-corrected chi connectivity index (χ2v) is 6.57. The molecule has 1 amide bonds. The molecule has 23 heavy (non-hydrogen) atoms. The van der Waals surface area contributed by atoms with Gasteiger partial charge in [0.05, 0.1) is 24.4 Å². The third-order valence-corrected chi connectivity index (χ3v) is 4.32. The second-order valence-electron chi connectivity index (χ2n) is 5.25. The van der Waals surface area contributed by atoms with Crippen LogP contribution in [-0.4, -0.2) is 56.4 Å². The number of anilines is 1. The Bertz CT molecular complexity index is 827. The number of aromatic amines is 1. The average molecular weight is 331 g/mol. The Balaban J connectivity index is 1.68. The van der Waals surface area contributed by atoms with Crippen LogP contribution in [0.25, 0.3) is 11.2 Å². The number of hydrogen-bond donors (Lipinski definition) is 1. The van der Waals surface area contributed by atoms with Gasteiger partial charge in [0, 0.05) is 25.2 Å². The molecule has 0 aromatic carbocycles. The van der Waals surface area contributed by atoms with E-state index < -0.39 is 0 Å². The second kappa shape index (κ2) is 6.29. The molecule has 0 aliphatic carbocycles. The summed E-state index contributed by atoms with van der Waals surface area (Å²) in [7, 11) is 3.61. The Morgan fingerprint density at radius 2 is 2.09 bits per heavy atom. The summed E-state index contributed by atoms with van der Waals surface area (Å²) in [5, 5.41) is 1.00. The molecular weight excluding hydrogens is 314 g/mol. The largest absolute Gasteiger partial charge is 0.348 e. The highest BCUT2D eigenvalue weighted by molar-refractivity contribution is 7.11. The van der Waals surface area contributed by atoms with Gasteiger partial charge in [0.2, 0.25) is 5.91 Å². The van der Waals surface area contributed by atoms with E-state index in [0.717, 1.165) is 15.4 Å². The van der Waals surface area contributed by atoms with E-state index in [9.17, 15) is 4.79 Å². The molecule has 0 saturated heterocycles. The van der Waals surface area contributed by atoms with Crippen LogP contribution in [0.2, 0.25) is 0 Å². The highest BCUT2D eigenvalue weighted by Gasteiger charge is 2.17. The van der Waals surface area contributed by atoms with Crippen molar-refractivity contribution in [1.29, 1.82) is 0 Å². The number of nitrogens with zero attached hydrogens (tertiary/aromatic N) is 6. The summed E-state index contributed by atoms with van der Waals surface area (Å²) < 4.78 is 0. The van der Waals surface area contributed by atoms with E-state index in [0.29, 0.717) is 18.0 Å². The molecule has 0 aliphatic rings. The summed E-state index contributed by atoms with van der Waals surface area (Å²) in [6.45, 7) is 2.73. The third kappa shape index (κ3) is 3.29. The number of amides is 1. The number of thiazole rings is 1. The van der Waals surface area contributed by atoms with Crippen LogP contribution in [0.1, 0.15) is 9.88 Å². The molecule has 3 aromatic heterocycles. The molecule has 1 N–H and O–H groups in total. The minimum absolute atomic E-state index is 0.00447. The Morgan fingerprint density at radius 3 is 2.83 bits per heavy atom. The van der Waals surface area contributed by atoms with Gasteiger partial charge in [0.1, 0.15) is 11.8 Å². The molecule has 8 nitrogen and oxygen atoms in total. The molecule has 120 valence electrons. The number of carbonyl (C=O) groups is 1. The first-order valence-electron chi connectivity index (χ1n) is 7.05. The number of imidazole rings is 1. The van der Waals surface area contributed by atoms with Crippen molar-refractivity contribution in [2.45, 2.75) is 13.5 Å². The van der Waals surface area contributed by atoms with Crippen molar-refractivity contribution in [2.24, 2.45) is 0 Å². The number of rotatable bonds is 5. The fourth-order valence-electron chi connectivity index (χ4n) is 2.24. The minimum Gasteiger partial charge on any atom is -0.348 e. The number of H-pyrrole nitrogens is 1. The van der Waals surface area contributed by atoms with Gasteiger partial charge in [0.15, 0.2) is 11.5 Å². The molecule has 9 heteroatoms. The summed E-state index contributed by atoms with van der Waals surface area (Å²) in [5.74, 6) is 0.660. The highest BCUT2D eigenvalue weighted by atomic mass is 32.1. The Kier molecular flexibility index (Phi) is 4.20. The first-order chi connectivity index (χ1) is 11.0. The molecule has 0 radical (unpaired) electrons. The van der Waals surface area contributed by atoms with Crippen LogP contribution in [-0.2, 0) is 11.3 Å². The maximum atomic E-state index is 12.4. The van der Waals surface area contributed by atoms with Crippen molar-refractivity contribution in [3.8, 4) is 0 Å². The van der Waals surface area contributed by atoms with Crippen LogP contribution in [0, 0.1) is 6.92 Å². The topological polar surface area (TPSA) is 90.9 Å². The molecule has 0 bridgehead atoms. The molecule has 0 spiro atoms. The summed E-state index contributed by atoms with van der Waals surface area (Å²) in [6.07, 6.45) is 4.83. The van der Waals surface area contributed by atoms with Crippen molar-refractivity contribution in [2.75, 3.05) is 25.5 Å². The maximum absolute atomic E-state index is 12.4. The fraction of sp³-hybridized carbons (Fsp3) is 0.357. The quantitative estimate of drug-likeness (QED) is 0.756. The first kappa shape index (κ1) is 15.3. The normalized spacial score (nSPS) is 10.9. The Hall–Kier alpha value is -2.55. The van der Waals surface area contributed by atoms with E-state index in [-0.39, 0.29) is 12.5 Å². The van der Waals surface area contributed by atoms with Gasteiger partial charge in [-0.3, -0.25) is 4.79 Å². The Morgan fingerprint density at radius 1 is 1.26 bits per heavy atom. The van der Waals surface area contributed by atoms with Crippen molar-refractivity contribution < 1.29 is 4.79 Å². The number of hydrogen-bond acceptors (Lipinski definition) is 7. The first-order valence-corrected chi connectivity index (χ1v) is 7.86. The molecule has 3 heterocycles. The van der Waals surface area contributed by atoms with Gasteiger partial charge >= 0.3 is 0 Å².